The van der Waals surface area contributed by atoms with Gasteiger partial charge in [-0.15, -0.1) is 0 Å². The monoisotopic (exact) mass is 311 g/mol. The Hall–Kier alpha value is -1.59. The quantitative estimate of drug-likeness (QED) is 0.845. The lowest BCUT2D eigenvalue weighted by Gasteiger charge is -2.24. The topological polar surface area (TPSA) is 75.6 Å². The van der Waals surface area contributed by atoms with Crippen LogP contribution in [-0.2, 0) is 14.3 Å². The van der Waals surface area contributed by atoms with Gasteiger partial charge in [0, 0.05) is 12.1 Å². The van der Waals surface area contributed by atoms with Gasteiger partial charge in [-0.05, 0) is 31.0 Å². The fourth-order valence-electron chi connectivity index (χ4n) is 2.45. The lowest BCUT2D eigenvalue weighted by atomic mass is 10.0. The van der Waals surface area contributed by atoms with Crippen molar-refractivity contribution in [3.63, 3.8) is 0 Å². The van der Waals surface area contributed by atoms with Crippen LogP contribution in [0.15, 0.2) is 24.3 Å². The van der Waals surface area contributed by atoms with E-state index in [-0.39, 0.29) is 18.1 Å². The van der Waals surface area contributed by atoms with Crippen molar-refractivity contribution in [1.29, 1.82) is 0 Å². The highest BCUT2D eigenvalue weighted by Gasteiger charge is 2.48. The zero-order valence-electron chi connectivity index (χ0n) is 11.9. The number of hydrogen-bond acceptors (Lipinski definition) is 3. The third-order valence-corrected chi connectivity index (χ3v) is 3.97. The summed E-state index contributed by atoms with van der Waals surface area (Å²) < 4.78 is 5.44. The molecule has 6 heteroatoms. The minimum atomic E-state index is -0.913. The molecule has 1 saturated carbocycles. The molecule has 0 spiro atoms. The minimum absolute atomic E-state index is 0.231. The molecular weight excluding hydrogens is 294 g/mol. The van der Waals surface area contributed by atoms with Gasteiger partial charge in [0.05, 0.1) is 17.9 Å². The predicted molar refractivity (Wildman–Crippen MR) is 78.0 cm³/mol. The van der Waals surface area contributed by atoms with Crippen LogP contribution in [0.25, 0.3) is 0 Å². The number of carboxylic acid groups (broad SMARTS) is 1. The van der Waals surface area contributed by atoms with E-state index >= 15 is 0 Å². The second-order valence-electron chi connectivity index (χ2n) is 5.29. The van der Waals surface area contributed by atoms with Crippen molar-refractivity contribution in [2.24, 2.45) is 11.8 Å². The van der Waals surface area contributed by atoms with Crippen molar-refractivity contribution >= 4 is 23.5 Å². The van der Waals surface area contributed by atoms with Crippen LogP contribution in [0.3, 0.4) is 0 Å². The van der Waals surface area contributed by atoms with E-state index in [0.717, 1.165) is 5.56 Å². The maximum Gasteiger partial charge on any atom is 0.307 e. The molecule has 21 heavy (non-hydrogen) atoms. The predicted octanol–water partition coefficient (Wildman–Crippen LogP) is 2.25. The Morgan fingerprint density at radius 1 is 1.33 bits per heavy atom. The molecule has 0 aliphatic heterocycles. The van der Waals surface area contributed by atoms with Gasteiger partial charge in [-0.25, -0.2) is 0 Å². The van der Waals surface area contributed by atoms with Crippen molar-refractivity contribution in [3.8, 4) is 0 Å². The molecule has 0 bridgehead atoms. The van der Waals surface area contributed by atoms with Gasteiger partial charge in [-0.1, -0.05) is 23.7 Å². The number of nitrogens with one attached hydrogen (secondary N) is 1. The number of carboxylic acids is 1. The largest absolute Gasteiger partial charge is 0.481 e. The number of carbonyl (C=O) groups is 2. The molecule has 1 amide bonds. The van der Waals surface area contributed by atoms with E-state index in [1.165, 1.54) is 0 Å². The second kappa shape index (κ2) is 6.45. The number of amides is 1. The van der Waals surface area contributed by atoms with Gasteiger partial charge in [0.15, 0.2) is 0 Å². The highest BCUT2D eigenvalue weighted by molar-refractivity contribution is 6.30. The van der Waals surface area contributed by atoms with Crippen LogP contribution in [0, 0.1) is 11.8 Å². The molecule has 2 N–H and O–H groups in total. The average molecular weight is 312 g/mol. The fraction of sp³-hybridized carbons (Fsp3) is 0.467. The van der Waals surface area contributed by atoms with E-state index in [1.54, 1.807) is 19.2 Å². The molecule has 4 atom stereocenters. The normalized spacial score (nSPS) is 23.2. The summed E-state index contributed by atoms with van der Waals surface area (Å²) in [5.41, 5.74) is 0.903. The summed E-state index contributed by atoms with van der Waals surface area (Å²) in [5, 5.41) is 12.3. The van der Waals surface area contributed by atoms with Gasteiger partial charge < -0.3 is 15.2 Å². The molecular formula is C15H18ClNO4. The first kappa shape index (κ1) is 15.8. The number of carbonyl (C=O) groups excluding carboxylic acids is 1. The number of halogens is 1. The van der Waals surface area contributed by atoms with Gasteiger partial charge in [-0.3, -0.25) is 9.59 Å². The molecule has 4 unspecified atom stereocenters. The fourth-order valence-corrected chi connectivity index (χ4v) is 2.57. The summed E-state index contributed by atoms with van der Waals surface area (Å²) in [4.78, 5) is 22.8. The number of benzene rings is 1. The van der Waals surface area contributed by atoms with Gasteiger partial charge in [0.2, 0.25) is 5.91 Å². The standard InChI is InChI=1S/C15H18ClNO4/c1-8(17-14(18)11-7-12(11)15(19)20)13(21-2)9-3-5-10(16)6-4-9/h3-6,8,11-13H,7H2,1-2H3,(H,17,18)(H,19,20). The van der Waals surface area contributed by atoms with Crippen LogP contribution >= 0.6 is 11.6 Å². The number of aliphatic carboxylic acids is 1. The van der Waals surface area contributed by atoms with Gasteiger partial charge in [0.1, 0.15) is 6.10 Å². The summed E-state index contributed by atoms with van der Waals surface area (Å²) in [6.07, 6.45) is 0.0974. The SMILES string of the molecule is COC(c1ccc(Cl)cc1)C(C)NC(=O)C1CC1C(=O)O. The van der Waals surface area contributed by atoms with Crippen molar-refractivity contribution < 1.29 is 19.4 Å². The van der Waals surface area contributed by atoms with E-state index in [9.17, 15) is 9.59 Å². The van der Waals surface area contributed by atoms with E-state index in [2.05, 4.69) is 5.32 Å². The van der Waals surface area contributed by atoms with Crippen LogP contribution in [0.4, 0.5) is 0 Å². The summed E-state index contributed by atoms with van der Waals surface area (Å²) >= 11 is 5.85. The Kier molecular flexibility index (Phi) is 4.85. The first-order chi connectivity index (χ1) is 9.93. The van der Waals surface area contributed by atoms with E-state index < -0.39 is 17.8 Å². The highest BCUT2D eigenvalue weighted by atomic mass is 35.5. The van der Waals surface area contributed by atoms with Crippen molar-refractivity contribution in [3.05, 3.63) is 34.9 Å². The zero-order valence-corrected chi connectivity index (χ0v) is 12.6. The molecule has 0 saturated heterocycles. The maximum atomic E-state index is 12.0. The van der Waals surface area contributed by atoms with Crippen molar-refractivity contribution in [1.82, 2.24) is 5.32 Å². The molecule has 114 valence electrons. The summed E-state index contributed by atoms with van der Waals surface area (Å²) in [5.74, 6) is -2.11. The van der Waals surface area contributed by atoms with Crippen LogP contribution in [0.2, 0.25) is 5.02 Å². The van der Waals surface area contributed by atoms with Crippen LogP contribution < -0.4 is 5.32 Å². The molecule has 2 rings (SSSR count). The Balaban J connectivity index is 1.97. The third-order valence-electron chi connectivity index (χ3n) is 3.72. The van der Waals surface area contributed by atoms with Crippen LogP contribution in [0.1, 0.15) is 25.0 Å². The van der Waals surface area contributed by atoms with E-state index in [0.29, 0.717) is 11.4 Å². The highest BCUT2D eigenvalue weighted by Crippen LogP contribution is 2.39. The van der Waals surface area contributed by atoms with Crippen LogP contribution in [-0.4, -0.2) is 30.1 Å². The molecule has 0 heterocycles. The third kappa shape index (κ3) is 3.74. The Labute approximate surface area is 128 Å². The van der Waals surface area contributed by atoms with Gasteiger partial charge >= 0.3 is 5.97 Å². The van der Waals surface area contributed by atoms with Crippen molar-refractivity contribution in [2.45, 2.75) is 25.5 Å². The number of hydrogen-bond donors (Lipinski definition) is 2. The minimum Gasteiger partial charge on any atom is -0.481 e. The molecule has 1 fully saturated rings. The molecule has 0 radical (unpaired) electrons. The summed E-state index contributed by atoms with van der Waals surface area (Å²) in [6, 6.07) is 6.95. The molecule has 0 aromatic heterocycles. The second-order valence-corrected chi connectivity index (χ2v) is 5.73. The van der Waals surface area contributed by atoms with Crippen molar-refractivity contribution in [2.75, 3.05) is 7.11 Å². The summed E-state index contributed by atoms with van der Waals surface area (Å²) in [6.45, 7) is 1.83. The van der Waals surface area contributed by atoms with E-state index in [4.69, 9.17) is 21.4 Å². The first-order valence-corrected chi connectivity index (χ1v) is 7.13. The Morgan fingerprint density at radius 2 is 1.95 bits per heavy atom. The Morgan fingerprint density at radius 3 is 2.43 bits per heavy atom. The number of methoxy groups -OCH3 is 1. The maximum absolute atomic E-state index is 12.0. The molecule has 1 aliphatic carbocycles. The summed E-state index contributed by atoms with van der Waals surface area (Å²) in [7, 11) is 1.57. The van der Waals surface area contributed by atoms with Gasteiger partial charge in [0.25, 0.3) is 0 Å². The first-order valence-electron chi connectivity index (χ1n) is 6.75. The Bertz CT molecular complexity index is 531. The molecule has 5 nitrogen and oxygen atoms in total. The molecule has 1 aliphatic rings. The smallest absolute Gasteiger partial charge is 0.307 e. The zero-order chi connectivity index (χ0) is 15.6. The lowest BCUT2D eigenvalue weighted by Crippen LogP contribution is -2.39. The van der Waals surface area contributed by atoms with Gasteiger partial charge in [-0.2, -0.15) is 0 Å². The lowest BCUT2D eigenvalue weighted by molar-refractivity contribution is -0.140. The number of ether oxygens (including phenoxy) is 1. The molecule has 1 aromatic carbocycles. The number of rotatable bonds is 6. The van der Waals surface area contributed by atoms with E-state index in [1.807, 2.05) is 19.1 Å². The van der Waals surface area contributed by atoms with Crippen LogP contribution in [0.5, 0.6) is 0 Å². The average Bonchev–Trinajstić information content (AvgIpc) is 3.22. The molecule has 1 aromatic rings.